The molecule has 118 valence electrons. The lowest BCUT2D eigenvalue weighted by molar-refractivity contribution is 0.414. The zero-order valence-electron chi connectivity index (χ0n) is 11.8. The molecule has 1 N–H and O–H groups in total. The Morgan fingerprint density at radius 3 is 2.50 bits per heavy atom. The van der Waals surface area contributed by atoms with Crippen LogP contribution in [-0.4, -0.2) is 22.1 Å². The van der Waals surface area contributed by atoms with E-state index in [4.69, 9.17) is 16.3 Å². The van der Waals surface area contributed by atoms with Gasteiger partial charge in [0.1, 0.15) is 16.5 Å². The molecule has 0 aliphatic rings. The number of benzene rings is 2. The maximum Gasteiger partial charge on any atom is 0.243 e. The molecule has 0 saturated heterocycles. The largest absolute Gasteiger partial charge is 0.497 e. The Morgan fingerprint density at radius 2 is 1.86 bits per heavy atom. The first-order chi connectivity index (χ1) is 10.4. The van der Waals surface area contributed by atoms with Crippen LogP contribution in [0.1, 0.15) is 5.56 Å². The number of ether oxygens (including phenoxy) is 1. The number of hydrogen-bond donors (Lipinski definition) is 1. The summed E-state index contributed by atoms with van der Waals surface area (Å²) in [6.07, 6.45) is 0.478. The number of nitrogens with one attached hydrogen (secondary N) is 1. The Morgan fingerprint density at radius 1 is 1.18 bits per heavy atom. The van der Waals surface area contributed by atoms with Crippen molar-refractivity contribution in [2.75, 3.05) is 13.7 Å². The van der Waals surface area contributed by atoms with Crippen LogP contribution in [0.2, 0.25) is 5.02 Å². The molecule has 0 atom stereocenters. The lowest BCUT2D eigenvalue weighted by Gasteiger charge is -2.08. The van der Waals surface area contributed by atoms with Gasteiger partial charge < -0.3 is 4.74 Å². The van der Waals surface area contributed by atoms with E-state index in [0.717, 1.165) is 23.4 Å². The van der Waals surface area contributed by atoms with Gasteiger partial charge in [0.15, 0.2) is 0 Å². The monoisotopic (exact) mass is 343 g/mol. The molecular weight excluding hydrogens is 329 g/mol. The highest BCUT2D eigenvalue weighted by Gasteiger charge is 2.18. The van der Waals surface area contributed by atoms with E-state index in [2.05, 4.69) is 4.72 Å². The quantitative estimate of drug-likeness (QED) is 0.877. The summed E-state index contributed by atoms with van der Waals surface area (Å²) in [6, 6.07) is 10.7. The summed E-state index contributed by atoms with van der Waals surface area (Å²) < 4.78 is 45.1. The Kier molecular flexibility index (Phi) is 5.39. The normalized spacial score (nSPS) is 11.4. The van der Waals surface area contributed by atoms with Gasteiger partial charge in [0.05, 0.1) is 7.11 Å². The number of hydrogen-bond acceptors (Lipinski definition) is 3. The summed E-state index contributed by atoms with van der Waals surface area (Å²) in [7, 11) is -2.36. The van der Waals surface area contributed by atoms with Crippen molar-refractivity contribution in [1.29, 1.82) is 0 Å². The van der Waals surface area contributed by atoms with Gasteiger partial charge in [-0.15, -0.1) is 0 Å². The highest BCUT2D eigenvalue weighted by Crippen LogP contribution is 2.19. The van der Waals surface area contributed by atoms with Crippen molar-refractivity contribution in [2.45, 2.75) is 11.3 Å². The molecule has 0 unspecified atom stereocenters. The van der Waals surface area contributed by atoms with Crippen molar-refractivity contribution in [3.63, 3.8) is 0 Å². The predicted octanol–water partition coefficient (Wildman–Crippen LogP) is 3.01. The molecule has 22 heavy (non-hydrogen) atoms. The first-order valence-corrected chi connectivity index (χ1v) is 8.36. The topological polar surface area (TPSA) is 55.4 Å². The molecule has 4 nitrogen and oxygen atoms in total. The van der Waals surface area contributed by atoms with Crippen LogP contribution in [0, 0.1) is 5.82 Å². The van der Waals surface area contributed by atoms with Crippen molar-refractivity contribution in [1.82, 2.24) is 4.72 Å². The van der Waals surface area contributed by atoms with Gasteiger partial charge in [-0.1, -0.05) is 23.7 Å². The summed E-state index contributed by atoms with van der Waals surface area (Å²) in [5.41, 5.74) is 0.940. The van der Waals surface area contributed by atoms with Crippen LogP contribution in [0.4, 0.5) is 4.39 Å². The molecule has 0 spiro atoms. The zero-order valence-corrected chi connectivity index (χ0v) is 13.4. The molecule has 0 amide bonds. The van der Waals surface area contributed by atoms with Crippen LogP contribution in [0.3, 0.4) is 0 Å². The predicted molar refractivity (Wildman–Crippen MR) is 83.3 cm³/mol. The second kappa shape index (κ2) is 7.09. The van der Waals surface area contributed by atoms with Gasteiger partial charge in [-0.3, -0.25) is 0 Å². The van der Waals surface area contributed by atoms with Crippen LogP contribution in [0.15, 0.2) is 47.4 Å². The minimum Gasteiger partial charge on any atom is -0.497 e. The molecule has 0 radical (unpaired) electrons. The average molecular weight is 344 g/mol. The zero-order chi connectivity index (χ0) is 16.2. The summed E-state index contributed by atoms with van der Waals surface area (Å²) >= 11 is 5.71. The highest BCUT2D eigenvalue weighted by atomic mass is 35.5. The van der Waals surface area contributed by atoms with Crippen molar-refractivity contribution in [3.05, 3.63) is 58.9 Å². The molecule has 2 aromatic rings. The number of sulfonamides is 1. The fourth-order valence-electron chi connectivity index (χ4n) is 1.88. The molecule has 2 rings (SSSR count). The molecular formula is C15H15ClFNO3S. The van der Waals surface area contributed by atoms with Crippen molar-refractivity contribution in [2.24, 2.45) is 0 Å². The van der Waals surface area contributed by atoms with Gasteiger partial charge >= 0.3 is 0 Å². The van der Waals surface area contributed by atoms with E-state index in [0.29, 0.717) is 6.42 Å². The standard InChI is InChI=1S/C15H15ClFNO3S/c1-21-13-5-2-11(3-6-13)8-9-18-22(19,20)15-10-12(16)4-7-14(15)17/h2-7,10,18H,8-9H2,1H3. The fraction of sp³-hybridized carbons (Fsp3) is 0.200. The minimum absolute atomic E-state index is 0.153. The number of rotatable bonds is 6. The molecule has 0 fully saturated rings. The molecule has 7 heteroatoms. The van der Waals surface area contributed by atoms with E-state index in [-0.39, 0.29) is 11.6 Å². The SMILES string of the molecule is COc1ccc(CCNS(=O)(=O)c2cc(Cl)ccc2F)cc1. The maximum absolute atomic E-state index is 13.6. The van der Waals surface area contributed by atoms with Gasteiger partial charge in [-0.2, -0.15) is 0 Å². The first-order valence-electron chi connectivity index (χ1n) is 6.50. The lowest BCUT2D eigenvalue weighted by Crippen LogP contribution is -2.26. The molecule has 2 aromatic carbocycles. The summed E-state index contributed by atoms with van der Waals surface area (Å²) in [5.74, 6) is -0.105. The van der Waals surface area contributed by atoms with Gasteiger partial charge in [-0.25, -0.2) is 17.5 Å². The number of methoxy groups -OCH3 is 1. The van der Waals surface area contributed by atoms with E-state index in [1.54, 1.807) is 19.2 Å². The summed E-state index contributed by atoms with van der Waals surface area (Å²) in [5, 5.41) is 0.164. The summed E-state index contributed by atoms with van der Waals surface area (Å²) in [4.78, 5) is -0.449. The van der Waals surface area contributed by atoms with Crippen LogP contribution in [0.5, 0.6) is 5.75 Å². The minimum atomic E-state index is -3.93. The molecule has 0 aliphatic carbocycles. The Balaban J connectivity index is 2.01. The third-order valence-corrected chi connectivity index (χ3v) is 4.76. The van der Waals surface area contributed by atoms with Gasteiger partial charge in [0.2, 0.25) is 10.0 Å². The Labute approximate surface area is 133 Å². The molecule has 0 bridgehead atoms. The van der Waals surface area contributed by atoms with E-state index < -0.39 is 20.7 Å². The molecule has 0 heterocycles. The van der Waals surface area contributed by atoms with E-state index >= 15 is 0 Å². The molecule has 0 aliphatic heterocycles. The number of halogens is 2. The van der Waals surface area contributed by atoms with Crippen LogP contribution in [0.25, 0.3) is 0 Å². The highest BCUT2D eigenvalue weighted by molar-refractivity contribution is 7.89. The molecule has 0 aromatic heterocycles. The van der Waals surface area contributed by atoms with E-state index in [1.807, 2.05) is 12.1 Å². The third-order valence-electron chi connectivity index (χ3n) is 3.05. The van der Waals surface area contributed by atoms with Crippen LogP contribution < -0.4 is 9.46 Å². The van der Waals surface area contributed by atoms with Crippen molar-refractivity contribution >= 4 is 21.6 Å². The Bertz CT molecular complexity index is 748. The van der Waals surface area contributed by atoms with E-state index in [1.165, 1.54) is 6.07 Å². The van der Waals surface area contributed by atoms with Crippen LogP contribution >= 0.6 is 11.6 Å². The van der Waals surface area contributed by atoms with Crippen molar-refractivity contribution < 1.29 is 17.5 Å². The smallest absolute Gasteiger partial charge is 0.243 e. The second-order valence-corrected chi connectivity index (χ2v) is 6.74. The van der Waals surface area contributed by atoms with Crippen LogP contribution in [-0.2, 0) is 16.4 Å². The molecule has 0 saturated carbocycles. The lowest BCUT2D eigenvalue weighted by atomic mass is 10.1. The third kappa shape index (κ3) is 4.19. The Hall–Kier alpha value is -1.63. The van der Waals surface area contributed by atoms with Gasteiger partial charge in [0, 0.05) is 11.6 Å². The first kappa shape index (κ1) is 16.7. The van der Waals surface area contributed by atoms with Gasteiger partial charge in [-0.05, 0) is 42.3 Å². The average Bonchev–Trinajstić information content (AvgIpc) is 2.50. The maximum atomic E-state index is 13.6. The fourth-order valence-corrected chi connectivity index (χ4v) is 3.25. The van der Waals surface area contributed by atoms with Crippen molar-refractivity contribution in [3.8, 4) is 5.75 Å². The second-order valence-electron chi connectivity index (χ2n) is 4.57. The summed E-state index contributed by atoms with van der Waals surface area (Å²) in [6.45, 7) is 0.153. The van der Waals surface area contributed by atoms with E-state index in [9.17, 15) is 12.8 Å². The van der Waals surface area contributed by atoms with Gasteiger partial charge in [0.25, 0.3) is 0 Å².